The van der Waals surface area contributed by atoms with Gasteiger partial charge in [0.05, 0.1) is 6.10 Å². The number of tetrazole rings is 1. The van der Waals surface area contributed by atoms with E-state index in [1.54, 1.807) is 0 Å². The van der Waals surface area contributed by atoms with E-state index in [-0.39, 0.29) is 12.0 Å². The fourth-order valence-corrected chi connectivity index (χ4v) is 2.72. The molecule has 2 aromatic carbocycles. The summed E-state index contributed by atoms with van der Waals surface area (Å²) in [6.45, 7) is 4.40. The molecule has 7 heteroatoms. The summed E-state index contributed by atoms with van der Waals surface area (Å²) < 4.78 is 7.12. The molecule has 27 heavy (non-hydrogen) atoms. The number of nitrogens with zero attached hydrogens (tertiary/aromatic N) is 4. The first-order chi connectivity index (χ1) is 13.1. The van der Waals surface area contributed by atoms with Crippen LogP contribution in [0.1, 0.15) is 31.0 Å². The van der Waals surface area contributed by atoms with Gasteiger partial charge in [-0.25, -0.2) is 4.68 Å². The van der Waals surface area contributed by atoms with Crippen LogP contribution in [0.3, 0.4) is 0 Å². The lowest BCUT2D eigenvalue weighted by Gasteiger charge is -2.16. The molecule has 0 aliphatic heterocycles. The lowest BCUT2D eigenvalue weighted by Crippen LogP contribution is -2.34. The smallest absolute Gasteiger partial charge is 0.245 e. The zero-order valence-electron chi connectivity index (χ0n) is 15.4. The van der Waals surface area contributed by atoms with Crippen LogP contribution in [-0.4, -0.2) is 32.2 Å². The molecule has 7 nitrogen and oxygen atoms in total. The van der Waals surface area contributed by atoms with E-state index in [1.165, 1.54) is 11.0 Å². The van der Waals surface area contributed by atoms with Gasteiger partial charge < -0.3 is 10.1 Å². The summed E-state index contributed by atoms with van der Waals surface area (Å²) in [4.78, 5) is 12.8. The highest BCUT2D eigenvalue weighted by Gasteiger charge is 2.22. The van der Waals surface area contributed by atoms with Crippen molar-refractivity contribution in [2.24, 2.45) is 0 Å². The molecule has 1 amide bonds. The molecule has 1 N–H and O–H groups in total. The van der Waals surface area contributed by atoms with E-state index in [0.29, 0.717) is 13.0 Å². The Balaban J connectivity index is 1.64. The van der Waals surface area contributed by atoms with Gasteiger partial charge in [-0.05, 0) is 47.5 Å². The molecule has 0 aliphatic rings. The standard InChI is InChI=1S/C20H23N5O2/c1-15(2)27-18-10-8-17(9-11-18)13-21-20(26)19(25-14-22-23-24-25)12-16-6-4-3-5-7-16/h3-11,14-15,19H,12-13H2,1-2H3,(H,21,26). The summed E-state index contributed by atoms with van der Waals surface area (Å²) in [5, 5.41) is 14.2. The van der Waals surface area contributed by atoms with Crippen molar-refractivity contribution < 1.29 is 9.53 Å². The molecular weight excluding hydrogens is 342 g/mol. The number of hydrogen-bond acceptors (Lipinski definition) is 5. The summed E-state index contributed by atoms with van der Waals surface area (Å²) in [5.74, 6) is 0.685. The largest absolute Gasteiger partial charge is 0.491 e. The van der Waals surface area contributed by atoms with Crippen LogP contribution in [0.4, 0.5) is 0 Å². The fraction of sp³-hybridized carbons (Fsp3) is 0.300. The van der Waals surface area contributed by atoms with Gasteiger partial charge in [-0.15, -0.1) is 5.10 Å². The second kappa shape index (κ2) is 8.93. The molecule has 3 aromatic rings. The Hall–Kier alpha value is -3.22. The number of nitrogens with one attached hydrogen (secondary N) is 1. The minimum atomic E-state index is -0.508. The Morgan fingerprint density at radius 1 is 1.07 bits per heavy atom. The van der Waals surface area contributed by atoms with Gasteiger partial charge in [-0.3, -0.25) is 4.79 Å². The molecule has 0 radical (unpaired) electrons. The van der Waals surface area contributed by atoms with E-state index in [1.807, 2.05) is 68.4 Å². The fourth-order valence-electron chi connectivity index (χ4n) is 2.72. The number of carbonyl (C=O) groups excluding carboxylic acids is 1. The molecule has 1 atom stereocenters. The third kappa shape index (κ3) is 5.37. The van der Waals surface area contributed by atoms with Crippen molar-refractivity contribution in [3.8, 4) is 5.75 Å². The van der Waals surface area contributed by atoms with Crippen LogP contribution in [0.25, 0.3) is 0 Å². The Labute approximate surface area is 158 Å². The van der Waals surface area contributed by atoms with Crippen LogP contribution in [-0.2, 0) is 17.8 Å². The molecule has 0 spiro atoms. The molecule has 0 bridgehead atoms. The van der Waals surface area contributed by atoms with E-state index >= 15 is 0 Å². The topological polar surface area (TPSA) is 81.9 Å². The Morgan fingerprint density at radius 2 is 1.81 bits per heavy atom. The summed E-state index contributed by atoms with van der Waals surface area (Å²) >= 11 is 0. The van der Waals surface area contributed by atoms with Gasteiger partial charge in [0.1, 0.15) is 18.1 Å². The molecule has 0 aliphatic carbocycles. The summed E-state index contributed by atoms with van der Waals surface area (Å²) in [5.41, 5.74) is 2.04. The molecule has 0 saturated carbocycles. The highest BCUT2D eigenvalue weighted by atomic mass is 16.5. The molecule has 1 heterocycles. The van der Waals surface area contributed by atoms with Crippen molar-refractivity contribution in [1.29, 1.82) is 0 Å². The predicted octanol–water partition coefficient (Wildman–Crippen LogP) is 2.56. The molecule has 1 unspecified atom stereocenters. The average Bonchev–Trinajstić information content (AvgIpc) is 3.20. The van der Waals surface area contributed by atoms with Gasteiger partial charge in [0.15, 0.2) is 0 Å². The van der Waals surface area contributed by atoms with Crippen molar-refractivity contribution in [1.82, 2.24) is 25.5 Å². The molecule has 3 rings (SSSR count). The number of aromatic nitrogens is 4. The first-order valence-corrected chi connectivity index (χ1v) is 8.91. The predicted molar refractivity (Wildman–Crippen MR) is 101 cm³/mol. The summed E-state index contributed by atoms with van der Waals surface area (Å²) in [6, 6.07) is 17.0. The monoisotopic (exact) mass is 365 g/mol. The number of hydrogen-bond donors (Lipinski definition) is 1. The van der Waals surface area contributed by atoms with Crippen molar-refractivity contribution in [3.63, 3.8) is 0 Å². The second-order valence-electron chi connectivity index (χ2n) is 6.52. The Morgan fingerprint density at radius 3 is 2.44 bits per heavy atom. The van der Waals surface area contributed by atoms with Crippen molar-refractivity contribution in [2.75, 3.05) is 0 Å². The number of rotatable bonds is 8. The zero-order chi connectivity index (χ0) is 19.1. The second-order valence-corrected chi connectivity index (χ2v) is 6.52. The third-order valence-electron chi connectivity index (χ3n) is 4.02. The van der Waals surface area contributed by atoms with E-state index in [9.17, 15) is 4.79 Å². The highest BCUT2D eigenvalue weighted by Crippen LogP contribution is 2.15. The Kier molecular flexibility index (Phi) is 6.14. The lowest BCUT2D eigenvalue weighted by molar-refractivity contribution is -0.124. The SMILES string of the molecule is CC(C)Oc1ccc(CNC(=O)C(Cc2ccccc2)n2cnnn2)cc1. The van der Waals surface area contributed by atoms with Crippen LogP contribution >= 0.6 is 0 Å². The van der Waals surface area contributed by atoms with Crippen LogP contribution in [0, 0.1) is 0 Å². The van der Waals surface area contributed by atoms with Crippen LogP contribution < -0.4 is 10.1 Å². The van der Waals surface area contributed by atoms with E-state index in [4.69, 9.17) is 4.74 Å². The Bertz CT molecular complexity index is 833. The lowest BCUT2D eigenvalue weighted by atomic mass is 10.1. The van der Waals surface area contributed by atoms with Crippen molar-refractivity contribution in [2.45, 2.75) is 39.0 Å². The van der Waals surface area contributed by atoms with Gasteiger partial charge in [-0.2, -0.15) is 0 Å². The maximum atomic E-state index is 12.8. The minimum Gasteiger partial charge on any atom is -0.491 e. The minimum absolute atomic E-state index is 0.130. The summed E-state index contributed by atoms with van der Waals surface area (Å²) in [7, 11) is 0. The number of amides is 1. The molecule has 0 saturated heterocycles. The first-order valence-electron chi connectivity index (χ1n) is 8.91. The first kappa shape index (κ1) is 18.6. The van der Waals surface area contributed by atoms with Crippen molar-refractivity contribution >= 4 is 5.91 Å². The number of ether oxygens (including phenoxy) is 1. The van der Waals surface area contributed by atoms with Crippen molar-refractivity contribution in [3.05, 3.63) is 72.1 Å². The van der Waals surface area contributed by atoms with Gasteiger partial charge in [-0.1, -0.05) is 42.5 Å². The highest BCUT2D eigenvalue weighted by molar-refractivity contribution is 5.80. The van der Waals surface area contributed by atoms with Gasteiger partial charge in [0.25, 0.3) is 0 Å². The van der Waals surface area contributed by atoms with E-state index in [0.717, 1.165) is 16.9 Å². The number of benzene rings is 2. The zero-order valence-corrected chi connectivity index (χ0v) is 15.4. The normalized spacial score (nSPS) is 12.0. The molecule has 140 valence electrons. The molecule has 0 fully saturated rings. The van der Waals surface area contributed by atoms with Gasteiger partial charge in [0, 0.05) is 13.0 Å². The van der Waals surface area contributed by atoms with Gasteiger partial charge in [0.2, 0.25) is 5.91 Å². The molecular formula is C20H23N5O2. The number of carbonyl (C=O) groups is 1. The summed E-state index contributed by atoms with van der Waals surface area (Å²) in [6.07, 6.45) is 2.11. The maximum absolute atomic E-state index is 12.8. The average molecular weight is 365 g/mol. The van der Waals surface area contributed by atoms with Gasteiger partial charge >= 0.3 is 0 Å². The maximum Gasteiger partial charge on any atom is 0.245 e. The quantitative estimate of drug-likeness (QED) is 0.663. The van der Waals surface area contributed by atoms with Crippen LogP contribution in [0.5, 0.6) is 5.75 Å². The molecule has 1 aromatic heterocycles. The van der Waals surface area contributed by atoms with Crippen LogP contribution in [0.15, 0.2) is 60.9 Å². The van der Waals surface area contributed by atoms with E-state index in [2.05, 4.69) is 20.8 Å². The van der Waals surface area contributed by atoms with Crippen LogP contribution in [0.2, 0.25) is 0 Å². The third-order valence-corrected chi connectivity index (χ3v) is 4.02. The van der Waals surface area contributed by atoms with E-state index < -0.39 is 6.04 Å².